The van der Waals surface area contributed by atoms with Gasteiger partial charge < -0.3 is 10.6 Å². The number of rotatable bonds is 4. The van der Waals surface area contributed by atoms with Gasteiger partial charge in [-0.2, -0.15) is 0 Å². The summed E-state index contributed by atoms with van der Waals surface area (Å²) in [4.78, 5) is 0. The number of hydrogen-bond acceptors (Lipinski definition) is 1. The molecule has 23 heavy (non-hydrogen) atoms. The summed E-state index contributed by atoms with van der Waals surface area (Å²) >= 11 is 17.6. The maximum atomic E-state index is 6.18. The van der Waals surface area contributed by atoms with E-state index in [2.05, 4.69) is 31.4 Å². The third-order valence-electron chi connectivity index (χ3n) is 5.28. The van der Waals surface area contributed by atoms with Gasteiger partial charge in [-0.3, -0.25) is 0 Å². The summed E-state index contributed by atoms with van der Waals surface area (Å²) < 4.78 is 0. The van der Waals surface area contributed by atoms with Crippen molar-refractivity contribution in [3.05, 3.63) is 28.2 Å². The molecule has 0 atom stereocenters. The molecule has 1 saturated carbocycles. The number of nitrogens with one attached hydrogen (secondary N) is 2. The van der Waals surface area contributed by atoms with Gasteiger partial charge in [-0.1, -0.05) is 56.5 Å². The summed E-state index contributed by atoms with van der Waals surface area (Å²) in [5.41, 5.74) is 1.19. The standard InChI is InChI=1S/C18H26Cl2N2S/c1-4-18(2,3)12-8-10-13(11-9-12)21-17(23)22-15-7-5-6-14(19)16(15)20/h5-7,12-13H,4,8-11H2,1-3H3,(H2,21,22,23). The van der Waals surface area contributed by atoms with Gasteiger partial charge in [0.05, 0.1) is 15.7 Å². The lowest BCUT2D eigenvalue weighted by Gasteiger charge is -2.39. The second-order valence-corrected chi connectivity index (χ2v) is 8.28. The second kappa shape index (κ2) is 8.04. The fourth-order valence-corrected chi connectivity index (χ4v) is 3.88. The van der Waals surface area contributed by atoms with Crippen LogP contribution in [0.25, 0.3) is 0 Å². The molecule has 0 aliphatic heterocycles. The number of benzene rings is 1. The zero-order chi connectivity index (χ0) is 17.0. The zero-order valence-electron chi connectivity index (χ0n) is 14.1. The smallest absolute Gasteiger partial charge is 0.171 e. The highest BCUT2D eigenvalue weighted by Crippen LogP contribution is 2.40. The molecule has 0 spiro atoms. The molecule has 2 N–H and O–H groups in total. The van der Waals surface area contributed by atoms with Gasteiger partial charge in [-0.05, 0) is 61.4 Å². The van der Waals surface area contributed by atoms with Crippen molar-refractivity contribution in [2.75, 3.05) is 5.32 Å². The van der Waals surface area contributed by atoms with Crippen molar-refractivity contribution < 1.29 is 0 Å². The van der Waals surface area contributed by atoms with E-state index in [0.717, 1.165) is 11.6 Å². The van der Waals surface area contributed by atoms with Crippen LogP contribution in [-0.4, -0.2) is 11.2 Å². The summed E-state index contributed by atoms with van der Waals surface area (Å²) in [6.45, 7) is 7.07. The molecule has 0 unspecified atom stereocenters. The average Bonchev–Trinajstić information content (AvgIpc) is 2.52. The van der Waals surface area contributed by atoms with Gasteiger partial charge in [0.25, 0.3) is 0 Å². The predicted octanol–water partition coefficient (Wildman–Crippen LogP) is 6.27. The van der Waals surface area contributed by atoms with E-state index in [1.54, 1.807) is 6.07 Å². The molecule has 2 nitrogen and oxygen atoms in total. The van der Waals surface area contributed by atoms with Crippen LogP contribution in [0.15, 0.2) is 18.2 Å². The van der Waals surface area contributed by atoms with E-state index in [4.69, 9.17) is 35.4 Å². The Morgan fingerprint density at radius 1 is 1.22 bits per heavy atom. The Hall–Kier alpha value is -0.510. The van der Waals surface area contributed by atoms with E-state index in [0.29, 0.717) is 26.6 Å². The van der Waals surface area contributed by atoms with E-state index in [9.17, 15) is 0 Å². The van der Waals surface area contributed by atoms with Crippen molar-refractivity contribution in [3.8, 4) is 0 Å². The molecule has 1 aliphatic rings. The zero-order valence-corrected chi connectivity index (χ0v) is 16.4. The van der Waals surface area contributed by atoms with E-state index < -0.39 is 0 Å². The Morgan fingerprint density at radius 2 is 1.87 bits per heavy atom. The molecule has 1 aromatic rings. The van der Waals surface area contributed by atoms with Crippen LogP contribution >= 0.6 is 35.4 Å². The molecule has 1 fully saturated rings. The summed E-state index contributed by atoms with van der Waals surface area (Å²) in [6.07, 6.45) is 6.10. The van der Waals surface area contributed by atoms with E-state index >= 15 is 0 Å². The lowest BCUT2D eigenvalue weighted by Crippen LogP contribution is -2.41. The number of hydrogen-bond donors (Lipinski definition) is 2. The Bertz CT molecular complexity index is 552. The number of halogens is 2. The van der Waals surface area contributed by atoms with Crippen LogP contribution in [0.1, 0.15) is 52.9 Å². The molecule has 0 bridgehead atoms. The quantitative estimate of drug-likeness (QED) is 0.608. The Labute approximate surface area is 155 Å². The molecule has 0 saturated heterocycles. The lowest BCUT2D eigenvalue weighted by molar-refractivity contribution is 0.141. The second-order valence-electron chi connectivity index (χ2n) is 7.09. The molecule has 1 aromatic carbocycles. The van der Waals surface area contributed by atoms with Crippen molar-refractivity contribution in [3.63, 3.8) is 0 Å². The van der Waals surface area contributed by atoms with Crippen molar-refractivity contribution in [2.45, 2.75) is 58.9 Å². The van der Waals surface area contributed by atoms with Gasteiger partial charge >= 0.3 is 0 Å². The molecule has 0 radical (unpaired) electrons. The monoisotopic (exact) mass is 372 g/mol. The van der Waals surface area contributed by atoms with Crippen molar-refractivity contribution in [1.82, 2.24) is 5.32 Å². The highest BCUT2D eigenvalue weighted by atomic mass is 35.5. The van der Waals surface area contributed by atoms with Crippen LogP contribution in [0.4, 0.5) is 5.69 Å². The summed E-state index contributed by atoms with van der Waals surface area (Å²) in [5, 5.41) is 8.23. The summed E-state index contributed by atoms with van der Waals surface area (Å²) in [5.74, 6) is 0.814. The number of thiocarbonyl (C=S) groups is 1. The van der Waals surface area contributed by atoms with Crippen LogP contribution in [0.2, 0.25) is 10.0 Å². The van der Waals surface area contributed by atoms with E-state index in [-0.39, 0.29) is 0 Å². The van der Waals surface area contributed by atoms with Crippen molar-refractivity contribution >= 4 is 46.2 Å². The minimum absolute atomic E-state index is 0.442. The fourth-order valence-electron chi connectivity index (χ4n) is 3.25. The lowest BCUT2D eigenvalue weighted by atomic mass is 9.69. The topological polar surface area (TPSA) is 24.1 Å². The van der Waals surface area contributed by atoms with Gasteiger partial charge in [0.1, 0.15) is 0 Å². The third-order valence-corrected chi connectivity index (χ3v) is 6.32. The highest BCUT2D eigenvalue weighted by molar-refractivity contribution is 7.80. The fraction of sp³-hybridized carbons (Fsp3) is 0.611. The van der Waals surface area contributed by atoms with Crippen LogP contribution in [0.5, 0.6) is 0 Å². The van der Waals surface area contributed by atoms with Crippen molar-refractivity contribution in [2.24, 2.45) is 11.3 Å². The molecule has 0 amide bonds. The van der Waals surface area contributed by atoms with Crippen LogP contribution in [0, 0.1) is 11.3 Å². The first-order valence-electron chi connectivity index (χ1n) is 8.35. The normalized spacial score (nSPS) is 21.8. The van der Waals surface area contributed by atoms with Gasteiger partial charge in [-0.25, -0.2) is 0 Å². The van der Waals surface area contributed by atoms with Crippen LogP contribution in [-0.2, 0) is 0 Å². The minimum atomic E-state index is 0.442. The SMILES string of the molecule is CCC(C)(C)C1CCC(NC(=S)Nc2cccc(Cl)c2Cl)CC1. The van der Waals surface area contributed by atoms with E-state index in [1.807, 2.05) is 12.1 Å². The Balaban J connectivity index is 1.84. The predicted molar refractivity (Wildman–Crippen MR) is 106 cm³/mol. The highest BCUT2D eigenvalue weighted by Gasteiger charge is 2.31. The first kappa shape index (κ1) is 18.8. The molecule has 5 heteroatoms. The molecule has 128 valence electrons. The molecular weight excluding hydrogens is 347 g/mol. The average molecular weight is 373 g/mol. The molecule has 1 aliphatic carbocycles. The third kappa shape index (κ3) is 4.98. The van der Waals surface area contributed by atoms with Crippen LogP contribution in [0.3, 0.4) is 0 Å². The van der Waals surface area contributed by atoms with Gasteiger partial charge in [-0.15, -0.1) is 0 Å². The first-order chi connectivity index (χ1) is 10.8. The summed E-state index contributed by atoms with van der Waals surface area (Å²) in [7, 11) is 0. The van der Waals surface area contributed by atoms with Gasteiger partial charge in [0.2, 0.25) is 0 Å². The van der Waals surface area contributed by atoms with Crippen molar-refractivity contribution in [1.29, 1.82) is 0 Å². The van der Waals surface area contributed by atoms with Crippen LogP contribution < -0.4 is 10.6 Å². The Kier molecular flexibility index (Phi) is 6.58. The molecular formula is C18H26Cl2N2S. The molecule has 0 heterocycles. The maximum absolute atomic E-state index is 6.18. The minimum Gasteiger partial charge on any atom is -0.360 e. The first-order valence-corrected chi connectivity index (χ1v) is 9.51. The summed E-state index contributed by atoms with van der Waals surface area (Å²) in [6, 6.07) is 5.94. The van der Waals surface area contributed by atoms with E-state index in [1.165, 1.54) is 32.1 Å². The maximum Gasteiger partial charge on any atom is 0.171 e. The molecule has 2 rings (SSSR count). The number of anilines is 1. The van der Waals surface area contributed by atoms with Gasteiger partial charge in [0.15, 0.2) is 5.11 Å². The van der Waals surface area contributed by atoms with Gasteiger partial charge in [0, 0.05) is 6.04 Å². The Morgan fingerprint density at radius 3 is 2.48 bits per heavy atom. The molecule has 0 aromatic heterocycles. The largest absolute Gasteiger partial charge is 0.360 e.